The second-order valence-corrected chi connectivity index (χ2v) is 5.16. The zero-order valence-corrected chi connectivity index (χ0v) is 10.3. The van der Waals surface area contributed by atoms with Crippen LogP contribution in [0.2, 0.25) is 0 Å². The highest BCUT2D eigenvalue weighted by Gasteiger charge is 2.24. The fourth-order valence-corrected chi connectivity index (χ4v) is 2.95. The van der Waals surface area contributed by atoms with Crippen LogP contribution in [0.4, 0.5) is 0 Å². The molecule has 2 nitrogen and oxygen atoms in total. The molecule has 1 N–H and O–H groups in total. The topological polar surface area (TPSA) is 21.3 Å². The van der Waals surface area contributed by atoms with Crippen LogP contribution in [0, 0.1) is 5.92 Å². The van der Waals surface area contributed by atoms with Crippen LogP contribution < -0.4 is 10.1 Å². The Hall–Kier alpha value is -0.540. The van der Waals surface area contributed by atoms with Crippen LogP contribution in [0.25, 0.3) is 0 Å². The largest absolute Gasteiger partial charge is 0.496 e. The smallest absolute Gasteiger partial charge is 0.134 e. The van der Waals surface area contributed by atoms with Crippen LogP contribution in [-0.2, 0) is 0 Å². The van der Waals surface area contributed by atoms with Gasteiger partial charge >= 0.3 is 0 Å². The van der Waals surface area contributed by atoms with Crippen molar-refractivity contribution in [3.05, 3.63) is 16.3 Å². The molecule has 1 atom stereocenters. The van der Waals surface area contributed by atoms with Gasteiger partial charge in [-0.2, -0.15) is 0 Å². The minimum absolute atomic E-state index is 0.473. The summed E-state index contributed by atoms with van der Waals surface area (Å²) in [6.45, 7) is 0. The van der Waals surface area contributed by atoms with E-state index in [1.807, 2.05) is 7.05 Å². The molecule has 0 amide bonds. The molecule has 0 bridgehead atoms. The zero-order valence-electron chi connectivity index (χ0n) is 9.45. The fraction of sp³-hybridized carbons (Fsp3) is 0.667. The van der Waals surface area contributed by atoms with Crippen LogP contribution in [0.3, 0.4) is 0 Å². The van der Waals surface area contributed by atoms with Crippen molar-refractivity contribution in [2.75, 3.05) is 14.2 Å². The lowest BCUT2D eigenvalue weighted by Crippen LogP contribution is -2.15. The summed E-state index contributed by atoms with van der Waals surface area (Å²) in [5.74, 6) is 2.04. The number of hydrogen-bond donors (Lipinski definition) is 1. The van der Waals surface area contributed by atoms with Gasteiger partial charge in [-0.3, -0.25) is 0 Å². The summed E-state index contributed by atoms with van der Waals surface area (Å²) in [5, 5.41) is 5.50. The monoisotopic (exact) mass is 225 g/mol. The quantitative estimate of drug-likeness (QED) is 0.802. The standard InChI is InChI=1S/C12H19NOS/c1-13-10(6-5-9-3-4-9)12-11(14-2)7-8-15-12/h7-10,13H,3-6H2,1-2H3. The summed E-state index contributed by atoms with van der Waals surface area (Å²) < 4.78 is 5.36. The summed E-state index contributed by atoms with van der Waals surface area (Å²) >= 11 is 1.79. The second kappa shape index (κ2) is 4.99. The second-order valence-electron chi connectivity index (χ2n) is 4.22. The van der Waals surface area contributed by atoms with Crippen molar-refractivity contribution in [1.82, 2.24) is 5.32 Å². The van der Waals surface area contributed by atoms with Crippen LogP contribution >= 0.6 is 11.3 Å². The molecule has 3 heteroatoms. The maximum atomic E-state index is 5.36. The molecule has 0 aromatic carbocycles. The van der Waals surface area contributed by atoms with Crippen molar-refractivity contribution >= 4 is 11.3 Å². The number of rotatable bonds is 6. The third-order valence-electron chi connectivity index (χ3n) is 3.10. The van der Waals surface area contributed by atoms with Gasteiger partial charge < -0.3 is 10.1 Å². The Bertz CT molecular complexity index is 306. The zero-order chi connectivity index (χ0) is 10.7. The molecule has 1 aromatic heterocycles. The minimum Gasteiger partial charge on any atom is -0.496 e. The number of hydrogen-bond acceptors (Lipinski definition) is 3. The number of ether oxygens (including phenoxy) is 1. The highest BCUT2D eigenvalue weighted by atomic mass is 32.1. The molecule has 1 aromatic rings. The SMILES string of the molecule is CNC(CCC1CC1)c1sccc1OC. The Kier molecular flexibility index (Phi) is 3.65. The van der Waals surface area contributed by atoms with Gasteiger partial charge in [-0.1, -0.05) is 12.8 Å². The Morgan fingerprint density at radius 1 is 1.60 bits per heavy atom. The summed E-state index contributed by atoms with van der Waals surface area (Å²) in [4.78, 5) is 1.35. The molecule has 84 valence electrons. The van der Waals surface area contributed by atoms with Gasteiger partial charge in [-0.25, -0.2) is 0 Å². The van der Waals surface area contributed by atoms with Gasteiger partial charge in [-0.15, -0.1) is 11.3 Å². The predicted molar refractivity (Wildman–Crippen MR) is 64.6 cm³/mol. The van der Waals surface area contributed by atoms with Crippen LogP contribution in [0.5, 0.6) is 5.75 Å². The van der Waals surface area contributed by atoms with E-state index in [0.717, 1.165) is 11.7 Å². The van der Waals surface area contributed by atoms with Crippen molar-refractivity contribution in [2.24, 2.45) is 5.92 Å². The molecule has 15 heavy (non-hydrogen) atoms. The van der Waals surface area contributed by atoms with Crippen molar-refractivity contribution < 1.29 is 4.74 Å². The summed E-state index contributed by atoms with van der Waals surface area (Å²) in [6, 6.07) is 2.53. The summed E-state index contributed by atoms with van der Waals surface area (Å²) in [7, 11) is 3.79. The first-order chi connectivity index (χ1) is 7.35. The van der Waals surface area contributed by atoms with Gasteiger partial charge in [0.25, 0.3) is 0 Å². The maximum Gasteiger partial charge on any atom is 0.134 e. The van der Waals surface area contributed by atoms with Gasteiger partial charge in [0, 0.05) is 6.04 Å². The van der Waals surface area contributed by atoms with E-state index >= 15 is 0 Å². The lowest BCUT2D eigenvalue weighted by Gasteiger charge is -2.15. The highest BCUT2D eigenvalue weighted by molar-refractivity contribution is 7.10. The number of thiophene rings is 1. The first kappa shape index (κ1) is 11.0. The van der Waals surface area contributed by atoms with Crippen molar-refractivity contribution in [3.8, 4) is 5.75 Å². The molecule has 1 aliphatic rings. The van der Waals surface area contributed by atoms with Crippen LogP contribution in [0.15, 0.2) is 11.4 Å². The van der Waals surface area contributed by atoms with Crippen molar-refractivity contribution in [1.29, 1.82) is 0 Å². The van der Waals surface area contributed by atoms with E-state index in [2.05, 4.69) is 16.8 Å². The lowest BCUT2D eigenvalue weighted by atomic mass is 10.1. The van der Waals surface area contributed by atoms with Crippen LogP contribution in [-0.4, -0.2) is 14.2 Å². The first-order valence-corrected chi connectivity index (χ1v) is 6.51. The van der Waals surface area contributed by atoms with Gasteiger partial charge in [0.2, 0.25) is 0 Å². The van der Waals surface area contributed by atoms with E-state index in [-0.39, 0.29) is 0 Å². The maximum absolute atomic E-state index is 5.36. The Labute approximate surface area is 95.6 Å². The molecular weight excluding hydrogens is 206 g/mol. The lowest BCUT2D eigenvalue weighted by molar-refractivity contribution is 0.400. The molecule has 0 aliphatic heterocycles. The van der Waals surface area contributed by atoms with Crippen molar-refractivity contribution in [2.45, 2.75) is 31.7 Å². The third kappa shape index (κ3) is 2.73. The molecule has 2 rings (SSSR count). The molecule has 0 saturated heterocycles. The van der Waals surface area contributed by atoms with Crippen LogP contribution in [0.1, 0.15) is 36.6 Å². The molecule has 1 aliphatic carbocycles. The predicted octanol–water partition coefficient (Wildman–Crippen LogP) is 3.21. The summed E-state index contributed by atoms with van der Waals surface area (Å²) in [6.07, 6.45) is 5.47. The average molecular weight is 225 g/mol. The van der Waals surface area contributed by atoms with E-state index in [1.165, 1.54) is 30.6 Å². The van der Waals surface area contributed by atoms with Gasteiger partial charge in [0.1, 0.15) is 5.75 Å². The Morgan fingerprint density at radius 2 is 2.40 bits per heavy atom. The molecule has 1 fully saturated rings. The normalized spacial score (nSPS) is 17.7. The van der Waals surface area contributed by atoms with Gasteiger partial charge in [-0.05, 0) is 37.3 Å². The van der Waals surface area contributed by atoms with E-state index in [9.17, 15) is 0 Å². The van der Waals surface area contributed by atoms with E-state index < -0.39 is 0 Å². The third-order valence-corrected chi connectivity index (χ3v) is 4.11. The molecule has 0 radical (unpaired) electrons. The molecule has 1 heterocycles. The number of methoxy groups -OCH3 is 1. The minimum atomic E-state index is 0.473. The molecule has 0 spiro atoms. The van der Waals surface area contributed by atoms with E-state index in [4.69, 9.17) is 4.74 Å². The van der Waals surface area contributed by atoms with E-state index in [0.29, 0.717) is 6.04 Å². The average Bonchev–Trinajstić information content (AvgIpc) is 2.96. The van der Waals surface area contributed by atoms with E-state index in [1.54, 1.807) is 18.4 Å². The highest BCUT2D eigenvalue weighted by Crippen LogP contribution is 2.38. The fourth-order valence-electron chi connectivity index (χ4n) is 1.95. The molecule has 1 saturated carbocycles. The van der Waals surface area contributed by atoms with Crippen molar-refractivity contribution in [3.63, 3.8) is 0 Å². The Morgan fingerprint density at radius 3 is 3.00 bits per heavy atom. The number of nitrogens with one attached hydrogen (secondary N) is 1. The Balaban J connectivity index is 1.97. The van der Waals surface area contributed by atoms with Gasteiger partial charge in [0.15, 0.2) is 0 Å². The first-order valence-electron chi connectivity index (χ1n) is 5.63. The summed E-state index contributed by atoms with van der Waals surface area (Å²) in [5.41, 5.74) is 0. The van der Waals surface area contributed by atoms with Gasteiger partial charge in [0.05, 0.1) is 12.0 Å². The molecular formula is C12H19NOS. The molecule has 1 unspecified atom stereocenters.